The van der Waals surface area contributed by atoms with Gasteiger partial charge < -0.3 is 23.8 Å². The van der Waals surface area contributed by atoms with Gasteiger partial charge in [0.25, 0.3) is 0 Å². The van der Waals surface area contributed by atoms with E-state index in [1.807, 2.05) is 60.7 Å². The van der Waals surface area contributed by atoms with Gasteiger partial charge in [0.05, 0.1) is 33.4 Å². The lowest BCUT2D eigenvalue weighted by molar-refractivity contribution is -0.946. The predicted molar refractivity (Wildman–Crippen MR) is 141 cm³/mol. The minimum absolute atomic E-state index is 0.198. The molecule has 0 aromatic heterocycles. The fraction of sp³-hybridized carbons (Fsp3) is 0.387. The summed E-state index contributed by atoms with van der Waals surface area (Å²) in [6.07, 6.45) is 2.80. The third-order valence-electron chi connectivity index (χ3n) is 8.08. The molecule has 6 nitrogen and oxygen atoms in total. The zero-order valence-electron chi connectivity index (χ0n) is 21.4. The summed E-state index contributed by atoms with van der Waals surface area (Å²) in [5.74, 6) is 1.40. The molecule has 3 saturated heterocycles. The molecule has 3 fully saturated rings. The van der Waals surface area contributed by atoms with Crippen molar-refractivity contribution >= 4 is 5.97 Å². The standard InChI is InChI=1S/C31H36NO5/c1-35-27-13-15-28(16-14-27)36-22-8-19-32-20-17-24(18-21-32)29(23-32)37-30(33)31(34,25-9-4-2-5-10-25)26-11-6-3-7-12-26/h2-7,9-16,24,29,34H,8,17-23H2,1H3/q+1. The summed E-state index contributed by atoms with van der Waals surface area (Å²) in [6.45, 7) is 4.62. The van der Waals surface area contributed by atoms with Crippen LogP contribution in [0.15, 0.2) is 84.9 Å². The van der Waals surface area contributed by atoms with Gasteiger partial charge >= 0.3 is 5.97 Å². The molecule has 37 heavy (non-hydrogen) atoms. The Bertz CT molecular complexity index is 1120. The molecule has 3 aromatic rings. The summed E-state index contributed by atoms with van der Waals surface area (Å²) in [7, 11) is 1.65. The van der Waals surface area contributed by atoms with E-state index in [4.69, 9.17) is 14.2 Å². The molecule has 3 heterocycles. The minimum Gasteiger partial charge on any atom is -0.497 e. The molecule has 0 saturated carbocycles. The van der Waals surface area contributed by atoms with E-state index in [0.29, 0.717) is 23.7 Å². The maximum absolute atomic E-state index is 13.7. The number of ether oxygens (including phenoxy) is 3. The van der Waals surface area contributed by atoms with E-state index in [-0.39, 0.29) is 6.10 Å². The van der Waals surface area contributed by atoms with Crippen molar-refractivity contribution in [1.82, 2.24) is 0 Å². The van der Waals surface area contributed by atoms with E-state index in [1.165, 1.54) is 0 Å². The number of fused-ring (bicyclic) bond motifs is 3. The summed E-state index contributed by atoms with van der Waals surface area (Å²) in [6, 6.07) is 25.8. The molecule has 3 aliphatic heterocycles. The number of nitrogens with zero attached hydrogens (tertiary/aromatic N) is 1. The Balaban J connectivity index is 1.24. The summed E-state index contributed by atoms with van der Waals surface area (Å²) >= 11 is 0. The van der Waals surface area contributed by atoms with Crippen LogP contribution in [0.4, 0.5) is 0 Å². The molecule has 3 aromatic carbocycles. The first-order valence-corrected chi connectivity index (χ1v) is 13.2. The minimum atomic E-state index is -1.84. The van der Waals surface area contributed by atoms with E-state index >= 15 is 0 Å². The zero-order chi connectivity index (χ0) is 25.7. The van der Waals surface area contributed by atoms with Crippen LogP contribution in [-0.2, 0) is 15.1 Å². The first kappa shape index (κ1) is 25.3. The highest BCUT2D eigenvalue weighted by atomic mass is 16.6. The van der Waals surface area contributed by atoms with Crippen LogP contribution < -0.4 is 9.47 Å². The number of hydrogen-bond acceptors (Lipinski definition) is 5. The second-order valence-electron chi connectivity index (χ2n) is 10.3. The molecule has 6 heteroatoms. The molecule has 0 radical (unpaired) electrons. The van der Waals surface area contributed by atoms with Crippen LogP contribution in [0.5, 0.6) is 11.5 Å². The molecule has 0 amide bonds. The van der Waals surface area contributed by atoms with Crippen molar-refractivity contribution in [2.24, 2.45) is 5.92 Å². The van der Waals surface area contributed by atoms with Crippen LogP contribution in [0, 0.1) is 5.92 Å². The topological polar surface area (TPSA) is 65.0 Å². The van der Waals surface area contributed by atoms with Crippen molar-refractivity contribution in [2.75, 3.05) is 39.9 Å². The van der Waals surface area contributed by atoms with Crippen molar-refractivity contribution < 1.29 is 28.6 Å². The van der Waals surface area contributed by atoms with Crippen LogP contribution in [-0.4, -0.2) is 61.6 Å². The number of quaternary nitrogens is 1. The van der Waals surface area contributed by atoms with Crippen LogP contribution in [0.25, 0.3) is 0 Å². The van der Waals surface area contributed by atoms with Crippen molar-refractivity contribution in [1.29, 1.82) is 0 Å². The van der Waals surface area contributed by atoms with Crippen LogP contribution >= 0.6 is 0 Å². The van der Waals surface area contributed by atoms with Crippen LogP contribution in [0.3, 0.4) is 0 Å². The number of rotatable bonds is 10. The van der Waals surface area contributed by atoms with Gasteiger partial charge in [-0.15, -0.1) is 0 Å². The number of benzene rings is 3. The Labute approximate surface area is 219 Å². The van der Waals surface area contributed by atoms with Gasteiger partial charge in [-0.25, -0.2) is 4.79 Å². The zero-order valence-corrected chi connectivity index (χ0v) is 21.4. The summed E-state index contributed by atoms with van der Waals surface area (Å²) in [5, 5.41) is 11.8. The van der Waals surface area contributed by atoms with Crippen molar-refractivity contribution in [2.45, 2.75) is 31.0 Å². The SMILES string of the molecule is COc1ccc(OCCC[N+]23CCC(CC2)C(OC(=O)C(O)(c2ccccc2)c2ccccc2)C3)cc1. The number of esters is 1. The number of carbonyl (C=O) groups is 1. The quantitative estimate of drug-likeness (QED) is 0.250. The fourth-order valence-corrected chi connectivity index (χ4v) is 5.91. The highest BCUT2D eigenvalue weighted by Gasteiger charge is 2.50. The van der Waals surface area contributed by atoms with E-state index in [9.17, 15) is 9.90 Å². The Morgan fingerprint density at radius 2 is 1.46 bits per heavy atom. The summed E-state index contributed by atoms with van der Waals surface area (Å²) in [5.41, 5.74) is -0.801. The second kappa shape index (κ2) is 11.0. The maximum atomic E-state index is 13.7. The first-order chi connectivity index (χ1) is 18.0. The lowest BCUT2D eigenvalue weighted by Crippen LogP contribution is -2.65. The smallest absolute Gasteiger partial charge is 0.348 e. The Morgan fingerprint density at radius 1 is 0.892 bits per heavy atom. The number of carbonyl (C=O) groups excluding carboxylic acids is 1. The molecule has 3 aliphatic rings. The van der Waals surface area contributed by atoms with Crippen LogP contribution in [0.2, 0.25) is 0 Å². The lowest BCUT2D eigenvalue weighted by atomic mass is 9.82. The molecule has 2 bridgehead atoms. The molecule has 6 rings (SSSR count). The third-order valence-corrected chi connectivity index (χ3v) is 8.08. The molecule has 1 N–H and O–H groups in total. The van der Waals surface area contributed by atoms with Gasteiger partial charge in [0.2, 0.25) is 5.60 Å². The van der Waals surface area contributed by atoms with E-state index < -0.39 is 11.6 Å². The van der Waals surface area contributed by atoms with Gasteiger partial charge in [0.1, 0.15) is 18.0 Å². The van der Waals surface area contributed by atoms with Gasteiger partial charge in [-0.3, -0.25) is 0 Å². The van der Waals surface area contributed by atoms with Crippen molar-refractivity contribution in [3.63, 3.8) is 0 Å². The van der Waals surface area contributed by atoms with Crippen molar-refractivity contribution in [3.8, 4) is 11.5 Å². The molecule has 0 aliphatic carbocycles. The van der Waals surface area contributed by atoms with Gasteiger partial charge in [-0.2, -0.15) is 0 Å². The number of hydrogen-bond donors (Lipinski definition) is 1. The number of aliphatic hydroxyl groups is 1. The summed E-state index contributed by atoms with van der Waals surface area (Å²) < 4.78 is 18.3. The number of piperidine rings is 3. The fourth-order valence-electron chi connectivity index (χ4n) is 5.91. The van der Waals surface area contributed by atoms with Crippen molar-refractivity contribution in [3.05, 3.63) is 96.1 Å². The number of methoxy groups -OCH3 is 1. The molecule has 0 spiro atoms. The van der Waals surface area contributed by atoms with Gasteiger partial charge in [-0.1, -0.05) is 60.7 Å². The third kappa shape index (κ3) is 5.36. The van der Waals surface area contributed by atoms with Gasteiger partial charge in [-0.05, 0) is 35.4 Å². The maximum Gasteiger partial charge on any atom is 0.348 e. The Hall–Kier alpha value is -3.35. The van der Waals surface area contributed by atoms with Gasteiger partial charge in [0.15, 0.2) is 6.10 Å². The van der Waals surface area contributed by atoms with Gasteiger partial charge in [0, 0.05) is 25.2 Å². The average molecular weight is 503 g/mol. The largest absolute Gasteiger partial charge is 0.497 e. The summed E-state index contributed by atoms with van der Waals surface area (Å²) in [4.78, 5) is 13.7. The lowest BCUT2D eigenvalue weighted by Gasteiger charge is -2.52. The van der Waals surface area contributed by atoms with E-state index in [0.717, 1.165) is 61.4 Å². The van der Waals surface area contributed by atoms with Crippen LogP contribution in [0.1, 0.15) is 30.4 Å². The molecule has 194 valence electrons. The molecule has 1 atom stereocenters. The average Bonchev–Trinajstić information content (AvgIpc) is 2.96. The second-order valence-corrected chi connectivity index (χ2v) is 10.3. The van der Waals surface area contributed by atoms with E-state index in [1.54, 1.807) is 31.4 Å². The Kier molecular flexibility index (Phi) is 7.49. The highest BCUT2D eigenvalue weighted by molar-refractivity contribution is 5.85. The van der Waals surface area contributed by atoms with E-state index in [2.05, 4.69) is 0 Å². The normalized spacial score (nSPS) is 22.9. The molecular formula is C31H36NO5+. The highest BCUT2D eigenvalue weighted by Crippen LogP contribution is 2.38. The Morgan fingerprint density at radius 3 is 2.03 bits per heavy atom. The molecular weight excluding hydrogens is 466 g/mol. The first-order valence-electron chi connectivity index (χ1n) is 13.2. The molecule has 1 unspecified atom stereocenters. The monoisotopic (exact) mass is 502 g/mol. The predicted octanol–water partition coefficient (Wildman–Crippen LogP) is 4.55.